The number of carbonyl (C=O) groups is 4. The summed E-state index contributed by atoms with van der Waals surface area (Å²) in [6, 6.07) is 15.6. The van der Waals surface area contributed by atoms with Crippen LogP contribution in [-0.2, 0) is 4.79 Å². The third kappa shape index (κ3) is 4.60. The van der Waals surface area contributed by atoms with Crippen LogP contribution in [0.2, 0.25) is 0 Å². The summed E-state index contributed by atoms with van der Waals surface area (Å²) in [5.41, 5.74) is 2.87. The van der Waals surface area contributed by atoms with Crippen molar-refractivity contribution in [2.45, 2.75) is 19.8 Å². The minimum atomic E-state index is -0.320. The van der Waals surface area contributed by atoms with E-state index in [9.17, 15) is 19.2 Å². The molecule has 1 aromatic heterocycles. The van der Waals surface area contributed by atoms with Gasteiger partial charge in [-0.15, -0.1) is 11.3 Å². The van der Waals surface area contributed by atoms with Gasteiger partial charge in [-0.25, -0.2) is 0 Å². The molecule has 0 fully saturated rings. The van der Waals surface area contributed by atoms with Gasteiger partial charge in [-0.2, -0.15) is 0 Å². The second-order valence-electron chi connectivity index (χ2n) is 7.47. The smallest absolute Gasteiger partial charge is 0.265 e. The fraction of sp³-hybridized carbons (Fsp3) is 0.167. The van der Waals surface area contributed by atoms with Crippen LogP contribution >= 0.6 is 11.3 Å². The van der Waals surface area contributed by atoms with Crippen molar-refractivity contribution in [1.82, 2.24) is 4.90 Å². The Balaban J connectivity index is 1.29. The molecule has 3 aromatic rings. The fourth-order valence-electron chi connectivity index (χ4n) is 3.50. The van der Waals surface area contributed by atoms with E-state index in [-0.39, 0.29) is 36.6 Å². The third-order valence-electron chi connectivity index (χ3n) is 5.06. The van der Waals surface area contributed by atoms with Gasteiger partial charge in [-0.1, -0.05) is 23.8 Å². The highest BCUT2D eigenvalue weighted by atomic mass is 32.1. The average molecular weight is 448 g/mol. The molecule has 1 aliphatic heterocycles. The van der Waals surface area contributed by atoms with Gasteiger partial charge in [0.1, 0.15) is 0 Å². The maximum absolute atomic E-state index is 12.5. The van der Waals surface area contributed by atoms with Crippen molar-refractivity contribution in [1.29, 1.82) is 0 Å². The summed E-state index contributed by atoms with van der Waals surface area (Å²) < 4.78 is 0. The van der Waals surface area contributed by atoms with Crippen LogP contribution < -0.4 is 10.6 Å². The Labute approximate surface area is 189 Å². The van der Waals surface area contributed by atoms with Crippen molar-refractivity contribution in [3.63, 3.8) is 0 Å². The third-order valence-corrected chi connectivity index (χ3v) is 5.93. The number of thiophene rings is 1. The van der Waals surface area contributed by atoms with Gasteiger partial charge in [0.05, 0.1) is 16.0 Å². The van der Waals surface area contributed by atoms with Crippen LogP contribution in [0.3, 0.4) is 0 Å². The highest BCUT2D eigenvalue weighted by Crippen LogP contribution is 2.24. The van der Waals surface area contributed by atoms with E-state index in [2.05, 4.69) is 10.6 Å². The van der Waals surface area contributed by atoms with Gasteiger partial charge in [0, 0.05) is 24.3 Å². The molecule has 0 saturated heterocycles. The molecule has 8 heteroatoms. The first kappa shape index (κ1) is 21.5. The number of rotatable bonds is 7. The number of nitrogens with one attached hydrogen (secondary N) is 2. The molecule has 0 aliphatic carbocycles. The molecule has 0 bridgehead atoms. The summed E-state index contributed by atoms with van der Waals surface area (Å²) in [6.45, 7) is 2.05. The lowest BCUT2D eigenvalue weighted by Crippen LogP contribution is -2.31. The Kier molecular flexibility index (Phi) is 6.13. The summed E-state index contributed by atoms with van der Waals surface area (Å²) in [6.07, 6.45) is 0.503. The molecular formula is C24H21N3O4S. The van der Waals surface area contributed by atoms with Gasteiger partial charge in [-0.05, 0) is 55.1 Å². The summed E-state index contributed by atoms with van der Waals surface area (Å²) >= 11 is 1.35. The number of anilines is 2. The molecule has 4 rings (SSSR count). The molecule has 0 unspecified atom stereocenters. The maximum atomic E-state index is 12.5. The van der Waals surface area contributed by atoms with Crippen LogP contribution in [0.1, 0.15) is 48.8 Å². The number of nitrogens with zero attached hydrogens (tertiary/aromatic N) is 1. The van der Waals surface area contributed by atoms with Gasteiger partial charge < -0.3 is 10.6 Å². The quantitative estimate of drug-likeness (QED) is 0.527. The fourth-order valence-corrected chi connectivity index (χ4v) is 4.12. The Hall–Kier alpha value is -3.78. The molecule has 1 aliphatic rings. The maximum Gasteiger partial charge on any atom is 0.265 e. The molecule has 2 aromatic carbocycles. The Morgan fingerprint density at radius 1 is 0.906 bits per heavy atom. The number of hydrogen-bond acceptors (Lipinski definition) is 5. The number of fused-ring (bicyclic) bond motifs is 1. The van der Waals surface area contributed by atoms with E-state index < -0.39 is 0 Å². The first-order valence-electron chi connectivity index (χ1n) is 10.1. The molecule has 7 nitrogen and oxygen atoms in total. The minimum absolute atomic E-state index is 0.151. The molecule has 4 amide bonds. The second-order valence-corrected chi connectivity index (χ2v) is 8.42. The van der Waals surface area contributed by atoms with E-state index in [1.165, 1.54) is 16.2 Å². The predicted molar refractivity (Wildman–Crippen MR) is 123 cm³/mol. The topological polar surface area (TPSA) is 95.6 Å². The number of hydrogen-bond donors (Lipinski definition) is 2. The molecule has 0 spiro atoms. The Morgan fingerprint density at radius 2 is 1.66 bits per heavy atom. The van der Waals surface area contributed by atoms with Crippen LogP contribution in [0.4, 0.5) is 11.4 Å². The van der Waals surface area contributed by atoms with Crippen LogP contribution in [0.25, 0.3) is 0 Å². The molecule has 162 valence electrons. The van der Waals surface area contributed by atoms with Gasteiger partial charge in [0.25, 0.3) is 17.7 Å². The molecular weight excluding hydrogens is 426 g/mol. The number of carbonyl (C=O) groups excluding carboxylic acids is 4. The second kappa shape index (κ2) is 9.15. The average Bonchev–Trinajstić information content (AvgIpc) is 3.38. The molecule has 2 heterocycles. The van der Waals surface area contributed by atoms with Crippen LogP contribution in [0.15, 0.2) is 60.0 Å². The van der Waals surface area contributed by atoms with Crippen LogP contribution in [-0.4, -0.2) is 35.1 Å². The summed E-state index contributed by atoms with van der Waals surface area (Å²) in [7, 11) is 0. The normalized spacial score (nSPS) is 12.6. The van der Waals surface area contributed by atoms with Crippen molar-refractivity contribution in [3.8, 4) is 0 Å². The Morgan fingerprint density at radius 3 is 2.41 bits per heavy atom. The zero-order valence-electron chi connectivity index (χ0n) is 17.4. The van der Waals surface area contributed by atoms with Gasteiger partial charge in [0.15, 0.2) is 0 Å². The number of benzene rings is 2. The van der Waals surface area contributed by atoms with E-state index >= 15 is 0 Å². The van der Waals surface area contributed by atoms with Crippen molar-refractivity contribution in [3.05, 3.63) is 81.5 Å². The van der Waals surface area contributed by atoms with Gasteiger partial charge in [0.2, 0.25) is 5.91 Å². The monoisotopic (exact) mass is 447 g/mol. The molecule has 0 saturated carbocycles. The van der Waals surface area contributed by atoms with Crippen LogP contribution in [0.5, 0.6) is 0 Å². The van der Waals surface area contributed by atoms with Crippen molar-refractivity contribution in [2.75, 3.05) is 17.2 Å². The first-order chi connectivity index (χ1) is 15.4. The van der Waals surface area contributed by atoms with Crippen molar-refractivity contribution in [2.24, 2.45) is 0 Å². The largest absolute Gasteiger partial charge is 0.326 e. The number of imide groups is 1. The zero-order valence-corrected chi connectivity index (χ0v) is 18.2. The van der Waals surface area contributed by atoms with Crippen molar-refractivity contribution >= 4 is 46.3 Å². The van der Waals surface area contributed by atoms with Gasteiger partial charge >= 0.3 is 0 Å². The first-order valence-corrected chi connectivity index (χ1v) is 11.0. The van der Waals surface area contributed by atoms with Crippen molar-refractivity contribution < 1.29 is 19.2 Å². The summed E-state index contributed by atoms with van der Waals surface area (Å²) in [5.74, 6) is -1.08. The highest BCUT2D eigenvalue weighted by Gasteiger charge is 2.34. The summed E-state index contributed by atoms with van der Waals surface area (Å²) in [4.78, 5) is 51.3. The van der Waals surface area contributed by atoms with E-state index in [1.807, 2.05) is 12.3 Å². The molecule has 0 radical (unpaired) electrons. The standard InChI is InChI=1S/C24H21N3O4S/c1-15-9-10-18-19(13-15)24(31)27(23(18)30)11-3-8-21(28)25-16-5-2-6-17(14-16)26-22(29)20-7-4-12-32-20/h2,4-7,9-10,12-14H,3,8,11H2,1H3,(H,25,28)(H,26,29). The lowest BCUT2D eigenvalue weighted by atomic mass is 10.1. The van der Waals surface area contributed by atoms with Crippen LogP contribution in [0, 0.1) is 6.92 Å². The lowest BCUT2D eigenvalue weighted by Gasteiger charge is -2.13. The van der Waals surface area contributed by atoms with E-state index in [4.69, 9.17) is 0 Å². The van der Waals surface area contributed by atoms with E-state index in [0.717, 1.165) is 5.56 Å². The lowest BCUT2D eigenvalue weighted by molar-refractivity contribution is -0.116. The highest BCUT2D eigenvalue weighted by molar-refractivity contribution is 7.12. The number of amides is 4. The minimum Gasteiger partial charge on any atom is -0.326 e. The Bertz CT molecular complexity index is 1200. The van der Waals surface area contributed by atoms with E-state index in [1.54, 1.807) is 54.6 Å². The van der Waals surface area contributed by atoms with E-state index in [0.29, 0.717) is 33.8 Å². The molecule has 32 heavy (non-hydrogen) atoms. The molecule has 2 N–H and O–H groups in total. The predicted octanol–water partition coefficient (Wildman–Crippen LogP) is 4.32. The zero-order chi connectivity index (χ0) is 22.7. The number of aryl methyl sites for hydroxylation is 1. The summed E-state index contributed by atoms with van der Waals surface area (Å²) in [5, 5.41) is 7.41. The van der Waals surface area contributed by atoms with Gasteiger partial charge in [-0.3, -0.25) is 24.1 Å². The molecule has 0 atom stereocenters. The SMILES string of the molecule is Cc1ccc2c(c1)C(=O)N(CCCC(=O)Nc1cccc(NC(=O)c3cccs3)c1)C2=O.